The smallest absolute Gasteiger partial charge is 0.264 e. The maximum atomic E-state index is 13.4. The lowest BCUT2D eigenvalue weighted by Gasteiger charge is -2.27. The molecule has 0 saturated carbocycles. The zero-order valence-corrected chi connectivity index (χ0v) is 23.9. The Morgan fingerprint density at radius 2 is 1.81 bits per heavy atom. The number of nitrogens with zero attached hydrogens (tertiary/aromatic N) is 2. The first-order valence-corrected chi connectivity index (χ1v) is 14.5. The molecule has 0 fully saturated rings. The van der Waals surface area contributed by atoms with Gasteiger partial charge in [-0.15, -0.1) is 0 Å². The first-order chi connectivity index (χ1) is 17.3. The predicted octanol–water partition coefficient (Wildman–Crippen LogP) is 6.75. The molecule has 0 aliphatic carbocycles. The summed E-state index contributed by atoms with van der Waals surface area (Å²) in [6.45, 7) is 15.5. The van der Waals surface area contributed by atoms with Crippen LogP contribution in [-0.4, -0.2) is 25.0 Å². The van der Waals surface area contributed by atoms with Crippen molar-refractivity contribution in [1.29, 1.82) is 0 Å². The van der Waals surface area contributed by atoms with Crippen LogP contribution in [0.1, 0.15) is 63.3 Å². The number of nitrogens with one attached hydrogen (secondary N) is 1. The first kappa shape index (κ1) is 27.1. The summed E-state index contributed by atoms with van der Waals surface area (Å²) >= 11 is 0. The Bertz CT molecular complexity index is 1390. The van der Waals surface area contributed by atoms with Crippen LogP contribution in [0.4, 0.5) is 5.95 Å². The molecule has 1 aliphatic heterocycles. The van der Waals surface area contributed by atoms with Gasteiger partial charge in [-0.25, -0.2) is 18.1 Å². The summed E-state index contributed by atoms with van der Waals surface area (Å²) in [7, 11) is -3.88. The Hall–Kier alpha value is -2.93. The van der Waals surface area contributed by atoms with Gasteiger partial charge in [0.25, 0.3) is 10.0 Å². The molecule has 0 radical (unpaired) electrons. The molecular formula is C30H39N3O3S. The van der Waals surface area contributed by atoms with Crippen LogP contribution in [0.5, 0.6) is 5.88 Å². The molecule has 198 valence electrons. The van der Waals surface area contributed by atoms with E-state index in [-0.39, 0.29) is 22.2 Å². The van der Waals surface area contributed by atoms with Crippen molar-refractivity contribution in [3.63, 3.8) is 0 Å². The second kappa shape index (κ2) is 10.4. The monoisotopic (exact) mass is 521 g/mol. The van der Waals surface area contributed by atoms with Crippen molar-refractivity contribution >= 4 is 16.0 Å². The molecule has 2 heterocycles. The molecule has 1 N–H and O–H groups in total. The largest absolute Gasteiger partial charge is 0.477 e. The molecule has 1 aliphatic rings. The van der Waals surface area contributed by atoms with Crippen molar-refractivity contribution in [2.45, 2.75) is 72.6 Å². The summed E-state index contributed by atoms with van der Waals surface area (Å²) in [5, 5.41) is 0. The molecule has 4 rings (SSSR count). The summed E-state index contributed by atoms with van der Waals surface area (Å²) < 4.78 is 35.8. The van der Waals surface area contributed by atoms with E-state index in [4.69, 9.17) is 9.72 Å². The van der Waals surface area contributed by atoms with Crippen LogP contribution in [-0.2, 0) is 22.9 Å². The third-order valence-electron chi connectivity index (χ3n) is 6.64. The van der Waals surface area contributed by atoms with Gasteiger partial charge < -0.3 is 4.74 Å². The molecule has 0 spiro atoms. The van der Waals surface area contributed by atoms with Crippen LogP contribution in [0, 0.1) is 31.1 Å². The van der Waals surface area contributed by atoms with Gasteiger partial charge in [-0.3, -0.25) is 0 Å². The lowest BCUT2D eigenvalue weighted by molar-refractivity contribution is 0.188. The third-order valence-corrected chi connectivity index (χ3v) is 7.97. The van der Waals surface area contributed by atoms with E-state index < -0.39 is 10.0 Å². The highest BCUT2D eigenvalue weighted by Gasteiger charge is 2.26. The van der Waals surface area contributed by atoms with E-state index in [1.807, 2.05) is 13.0 Å². The predicted molar refractivity (Wildman–Crippen MR) is 149 cm³/mol. The van der Waals surface area contributed by atoms with E-state index in [0.717, 1.165) is 41.5 Å². The first-order valence-electron chi connectivity index (χ1n) is 13.0. The van der Waals surface area contributed by atoms with Crippen molar-refractivity contribution in [2.24, 2.45) is 17.3 Å². The number of hydrogen-bond acceptors (Lipinski definition) is 5. The Morgan fingerprint density at radius 1 is 1.08 bits per heavy atom. The van der Waals surface area contributed by atoms with E-state index in [9.17, 15) is 8.42 Å². The highest BCUT2D eigenvalue weighted by atomic mass is 32.2. The molecule has 6 nitrogen and oxygen atoms in total. The molecule has 3 aromatic rings. The minimum Gasteiger partial charge on any atom is -0.477 e. The molecule has 37 heavy (non-hydrogen) atoms. The topological polar surface area (TPSA) is 81.2 Å². The van der Waals surface area contributed by atoms with Gasteiger partial charge >= 0.3 is 0 Å². The van der Waals surface area contributed by atoms with E-state index in [1.165, 1.54) is 5.56 Å². The van der Waals surface area contributed by atoms with E-state index in [0.29, 0.717) is 24.1 Å². The number of hydrogen-bond donors (Lipinski definition) is 1. The summed E-state index contributed by atoms with van der Waals surface area (Å²) in [5.74, 6) is 1.10. The normalized spacial score (nSPS) is 17.4. The number of rotatable bonds is 4. The molecule has 0 unspecified atom stereocenters. The van der Waals surface area contributed by atoms with E-state index >= 15 is 0 Å². The Morgan fingerprint density at radius 3 is 2.51 bits per heavy atom. The van der Waals surface area contributed by atoms with Crippen molar-refractivity contribution in [3.8, 4) is 17.1 Å². The molecule has 1 atom stereocenters. The molecule has 0 saturated heterocycles. The molecule has 4 bridgehead atoms. The number of sulfonamides is 1. The van der Waals surface area contributed by atoms with Crippen LogP contribution in [0.25, 0.3) is 11.3 Å². The molecular weight excluding hydrogens is 482 g/mol. The third kappa shape index (κ3) is 6.50. The second-order valence-corrected chi connectivity index (χ2v) is 13.6. The van der Waals surface area contributed by atoms with Crippen molar-refractivity contribution < 1.29 is 13.2 Å². The Balaban J connectivity index is 1.90. The number of benzene rings is 2. The fourth-order valence-corrected chi connectivity index (χ4v) is 6.22. The standard InChI is InChI=1S/C30H39N3O3S/c1-19(2)14-24-12-8-10-20(3)26(24)27-21(4)28-32-29(31-27)33-37(34,35)25-13-9-11-22(16-25)15-23(18-36-28)17-30(5,6)7/h8-13,16,19,23H,14-15,17-18H2,1-7H3,(H,31,32,33)/t23-/m1/s1. The average molecular weight is 522 g/mol. The van der Waals surface area contributed by atoms with E-state index in [1.54, 1.807) is 18.2 Å². The second-order valence-electron chi connectivity index (χ2n) is 11.9. The lowest BCUT2D eigenvalue weighted by atomic mass is 9.82. The lowest BCUT2D eigenvalue weighted by Crippen LogP contribution is -2.23. The Kier molecular flexibility index (Phi) is 7.65. The molecule has 1 aromatic heterocycles. The van der Waals surface area contributed by atoms with Gasteiger partial charge in [0, 0.05) is 11.1 Å². The van der Waals surface area contributed by atoms with Crippen molar-refractivity contribution in [2.75, 3.05) is 11.3 Å². The van der Waals surface area contributed by atoms with Gasteiger partial charge in [-0.05, 0) is 79.2 Å². The van der Waals surface area contributed by atoms with E-state index in [2.05, 4.69) is 69.4 Å². The summed E-state index contributed by atoms with van der Waals surface area (Å²) in [6.07, 6.45) is 2.54. The summed E-state index contributed by atoms with van der Waals surface area (Å²) in [4.78, 5) is 9.53. The minimum atomic E-state index is -3.88. The number of anilines is 1. The summed E-state index contributed by atoms with van der Waals surface area (Å²) in [5.41, 5.74) is 5.86. The molecule has 7 heteroatoms. The highest BCUT2D eigenvalue weighted by molar-refractivity contribution is 7.92. The van der Waals surface area contributed by atoms with Crippen LogP contribution in [0.2, 0.25) is 0 Å². The van der Waals surface area contributed by atoms with Gasteiger partial charge in [-0.1, -0.05) is 65.0 Å². The highest BCUT2D eigenvalue weighted by Crippen LogP contribution is 2.36. The number of fused-ring (bicyclic) bond motifs is 4. The van der Waals surface area contributed by atoms with Crippen molar-refractivity contribution in [3.05, 3.63) is 64.7 Å². The van der Waals surface area contributed by atoms with Gasteiger partial charge in [0.1, 0.15) is 0 Å². The zero-order valence-electron chi connectivity index (χ0n) is 23.1. The number of ether oxygens (including phenoxy) is 1. The number of aryl methyl sites for hydroxylation is 1. The summed E-state index contributed by atoms with van der Waals surface area (Å²) in [6, 6.07) is 13.4. The average Bonchev–Trinajstić information content (AvgIpc) is 2.77. The SMILES string of the molecule is Cc1cccc(CC(C)C)c1-c1nc2nc(c1C)OC[C@@H](CC(C)(C)C)Cc1cccc(c1)S(=O)(=O)N2. The van der Waals surface area contributed by atoms with Crippen LogP contribution < -0.4 is 9.46 Å². The quantitative estimate of drug-likeness (QED) is 0.411. The van der Waals surface area contributed by atoms with Gasteiger partial charge in [0.05, 0.1) is 17.2 Å². The van der Waals surface area contributed by atoms with Gasteiger partial charge in [0.15, 0.2) is 0 Å². The van der Waals surface area contributed by atoms with Gasteiger partial charge in [-0.2, -0.15) is 4.98 Å². The van der Waals surface area contributed by atoms with Crippen LogP contribution in [0.3, 0.4) is 0 Å². The fourth-order valence-electron chi connectivity index (χ4n) is 5.21. The fraction of sp³-hybridized carbons (Fsp3) is 0.467. The van der Waals surface area contributed by atoms with Crippen LogP contribution in [0.15, 0.2) is 47.4 Å². The Labute approximate surface area is 222 Å². The van der Waals surface area contributed by atoms with Crippen LogP contribution >= 0.6 is 0 Å². The van der Waals surface area contributed by atoms with Crippen molar-refractivity contribution in [1.82, 2.24) is 9.97 Å². The number of aromatic nitrogens is 2. The van der Waals surface area contributed by atoms with Gasteiger partial charge in [0.2, 0.25) is 11.8 Å². The maximum absolute atomic E-state index is 13.4. The molecule has 0 amide bonds. The maximum Gasteiger partial charge on any atom is 0.264 e. The minimum absolute atomic E-state index is 0.0210. The molecule has 2 aromatic carbocycles. The zero-order chi connectivity index (χ0) is 27.0.